The average molecular weight is 270 g/mol. The van der Waals surface area contributed by atoms with Crippen LogP contribution in [0.2, 0.25) is 0 Å². The molecule has 2 rings (SSSR count). The molecule has 0 bridgehead atoms. The van der Waals surface area contributed by atoms with E-state index >= 15 is 0 Å². The van der Waals surface area contributed by atoms with Crippen LogP contribution in [-0.2, 0) is 0 Å². The largest absolute Gasteiger partial charge is 0.368 e. The molecule has 0 radical (unpaired) electrons. The van der Waals surface area contributed by atoms with Gasteiger partial charge in [-0.15, -0.1) is 0 Å². The normalized spacial score (nSPS) is 10.7. The minimum Gasteiger partial charge on any atom is -0.368 e. The van der Waals surface area contributed by atoms with Crippen molar-refractivity contribution in [3.63, 3.8) is 0 Å². The molecule has 1 heterocycles. The molecule has 1 aromatic carbocycles. The average Bonchev–Trinajstić information content (AvgIpc) is 2.39. The van der Waals surface area contributed by atoms with Crippen molar-refractivity contribution in [3.05, 3.63) is 42.1 Å². The van der Waals surface area contributed by atoms with Gasteiger partial charge in [-0.1, -0.05) is 18.2 Å². The molecule has 0 fully saturated rings. The second-order valence-corrected chi connectivity index (χ2v) is 5.07. The van der Waals surface area contributed by atoms with Gasteiger partial charge in [-0.05, 0) is 39.8 Å². The molecule has 0 aliphatic heterocycles. The van der Waals surface area contributed by atoms with Crippen LogP contribution in [-0.4, -0.2) is 22.6 Å². The van der Waals surface area contributed by atoms with Crippen LogP contribution < -0.4 is 10.2 Å². The Bertz CT molecular complexity index is 552. The van der Waals surface area contributed by atoms with E-state index < -0.39 is 0 Å². The lowest BCUT2D eigenvalue weighted by atomic mass is 10.3. The van der Waals surface area contributed by atoms with Crippen LogP contribution in [0.4, 0.5) is 17.5 Å². The molecule has 2 aromatic rings. The van der Waals surface area contributed by atoms with Gasteiger partial charge in [0.2, 0.25) is 5.95 Å². The van der Waals surface area contributed by atoms with Crippen molar-refractivity contribution in [1.29, 1.82) is 0 Å². The van der Waals surface area contributed by atoms with Gasteiger partial charge in [0, 0.05) is 30.0 Å². The minimum absolute atomic E-state index is 0.351. The number of para-hydroxylation sites is 1. The fraction of sp³-hybridized carbons (Fsp3) is 0.375. The summed E-state index contributed by atoms with van der Waals surface area (Å²) in [4.78, 5) is 11.3. The maximum absolute atomic E-state index is 4.62. The lowest BCUT2D eigenvalue weighted by molar-refractivity contribution is 0.873. The summed E-state index contributed by atoms with van der Waals surface area (Å²) in [7, 11) is 0. The van der Waals surface area contributed by atoms with E-state index in [2.05, 4.69) is 53.1 Å². The Morgan fingerprint density at radius 1 is 1.15 bits per heavy atom. The molecule has 0 saturated carbocycles. The van der Waals surface area contributed by atoms with Gasteiger partial charge in [-0.25, -0.2) is 4.98 Å². The Kier molecular flexibility index (Phi) is 4.56. The zero-order valence-electron chi connectivity index (χ0n) is 12.6. The third kappa shape index (κ3) is 3.47. The van der Waals surface area contributed by atoms with Crippen LogP contribution in [0.25, 0.3) is 0 Å². The Balaban J connectivity index is 2.37. The van der Waals surface area contributed by atoms with Crippen LogP contribution in [0.15, 0.2) is 36.4 Å². The summed E-state index contributed by atoms with van der Waals surface area (Å²) >= 11 is 0. The molecule has 1 N–H and O–H groups in total. The Morgan fingerprint density at radius 2 is 1.85 bits per heavy atom. The minimum atomic E-state index is 0.351. The van der Waals surface area contributed by atoms with Crippen molar-refractivity contribution in [1.82, 2.24) is 9.97 Å². The highest BCUT2D eigenvalue weighted by Crippen LogP contribution is 2.23. The molecule has 106 valence electrons. The monoisotopic (exact) mass is 270 g/mol. The molecule has 0 amide bonds. The predicted molar refractivity (Wildman–Crippen MR) is 84.6 cm³/mol. The highest BCUT2D eigenvalue weighted by Gasteiger charge is 2.12. The van der Waals surface area contributed by atoms with E-state index in [-0.39, 0.29) is 0 Å². The topological polar surface area (TPSA) is 41.1 Å². The van der Waals surface area contributed by atoms with Crippen LogP contribution in [0.5, 0.6) is 0 Å². The Morgan fingerprint density at radius 3 is 2.45 bits per heavy atom. The van der Waals surface area contributed by atoms with Crippen molar-refractivity contribution in [2.24, 2.45) is 0 Å². The third-order valence-corrected chi connectivity index (χ3v) is 2.90. The molecule has 4 nitrogen and oxygen atoms in total. The second kappa shape index (κ2) is 6.37. The zero-order chi connectivity index (χ0) is 14.5. The smallest absolute Gasteiger partial charge is 0.232 e. The molecule has 0 spiro atoms. The van der Waals surface area contributed by atoms with Gasteiger partial charge >= 0.3 is 0 Å². The lowest BCUT2D eigenvalue weighted by Gasteiger charge is -2.22. The van der Waals surface area contributed by atoms with Crippen molar-refractivity contribution in [2.45, 2.75) is 33.7 Å². The van der Waals surface area contributed by atoms with Gasteiger partial charge in [-0.2, -0.15) is 4.98 Å². The maximum Gasteiger partial charge on any atom is 0.232 e. The number of benzene rings is 1. The SMILES string of the molecule is CCN(c1ccccc1)c1nc(C)cc(NC(C)C)n1. The predicted octanol–water partition coefficient (Wildman–Crippen LogP) is 3.76. The molecule has 4 heteroatoms. The summed E-state index contributed by atoms with van der Waals surface area (Å²) in [5.41, 5.74) is 2.07. The number of anilines is 3. The van der Waals surface area contributed by atoms with Crippen molar-refractivity contribution < 1.29 is 0 Å². The molecule has 0 atom stereocenters. The van der Waals surface area contributed by atoms with Gasteiger partial charge in [0.1, 0.15) is 5.82 Å². The Labute approximate surface area is 120 Å². The third-order valence-electron chi connectivity index (χ3n) is 2.90. The number of nitrogens with zero attached hydrogens (tertiary/aromatic N) is 3. The molecule has 0 unspecified atom stereocenters. The quantitative estimate of drug-likeness (QED) is 0.898. The summed E-state index contributed by atoms with van der Waals surface area (Å²) in [5.74, 6) is 1.61. The van der Waals surface area contributed by atoms with E-state index in [9.17, 15) is 0 Å². The van der Waals surface area contributed by atoms with E-state index in [0.717, 1.165) is 29.7 Å². The number of aromatic nitrogens is 2. The van der Waals surface area contributed by atoms with Gasteiger partial charge < -0.3 is 10.2 Å². The molecule has 1 aromatic heterocycles. The second-order valence-electron chi connectivity index (χ2n) is 5.07. The first-order chi connectivity index (χ1) is 9.60. The van der Waals surface area contributed by atoms with E-state index in [1.54, 1.807) is 0 Å². The molecule has 0 aliphatic carbocycles. The van der Waals surface area contributed by atoms with Crippen molar-refractivity contribution in [3.8, 4) is 0 Å². The van der Waals surface area contributed by atoms with Gasteiger partial charge in [-0.3, -0.25) is 0 Å². The van der Waals surface area contributed by atoms with E-state index in [1.807, 2.05) is 31.2 Å². The summed E-state index contributed by atoms with van der Waals surface area (Å²) < 4.78 is 0. The highest BCUT2D eigenvalue weighted by atomic mass is 15.3. The first kappa shape index (κ1) is 14.3. The van der Waals surface area contributed by atoms with E-state index in [4.69, 9.17) is 0 Å². The first-order valence-corrected chi connectivity index (χ1v) is 7.05. The number of aryl methyl sites for hydroxylation is 1. The fourth-order valence-electron chi connectivity index (χ4n) is 2.09. The summed E-state index contributed by atoms with van der Waals surface area (Å²) in [6.07, 6.45) is 0. The number of hydrogen-bond donors (Lipinski definition) is 1. The molecule has 0 saturated heterocycles. The Hall–Kier alpha value is -2.10. The van der Waals surface area contributed by atoms with Crippen LogP contribution >= 0.6 is 0 Å². The summed E-state index contributed by atoms with van der Waals surface area (Å²) in [6.45, 7) is 9.14. The van der Waals surface area contributed by atoms with Gasteiger partial charge in [0.05, 0.1) is 0 Å². The van der Waals surface area contributed by atoms with Gasteiger partial charge in [0.15, 0.2) is 0 Å². The lowest BCUT2D eigenvalue weighted by Crippen LogP contribution is -2.20. The number of hydrogen-bond acceptors (Lipinski definition) is 4. The highest BCUT2D eigenvalue weighted by molar-refractivity contribution is 5.58. The first-order valence-electron chi connectivity index (χ1n) is 7.05. The zero-order valence-corrected chi connectivity index (χ0v) is 12.6. The van der Waals surface area contributed by atoms with Crippen molar-refractivity contribution >= 4 is 17.5 Å². The van der Waals surface area contributed by atoms with E-state index in [1.165, 1.54) is 0 Å². The summed E-state index contributed by atoms with van der Waals surface area (Å²) in [6, 6.07) is 12.5. The molecule has 0 aliphatic rings. The van der Waals surface area contributed by atoms with Crippen LogP contribution in [0.1, 0.15) is 26.5 Å². The van der Waals surface area contributed by atoms with E-state index in [0.29, 0.717) is 6.04 Å². The number of rotatable bonds is 5. The number of nitrogens with one attached hydrogen (secondary N) is 1. The molecule has 20 heavy (non-hydrogen) atoms. The van der Waals surface area contributed by atoms with Gasteiger partial charge in [0.25, 0.3) is 0 Å². The fourth-order valence-corrected chi connectivity index (χ4v) is 2.09. The van der Waals surface area contributed by atoms with Crippen LogP contribution in [0, 0.1) is 6.92 Å². The molecular weight excluding hydrogens is 248 g/mol. The standard InChI is InChI=1S/C16H22N4/c1-5-20(14-9-7-6-8-10-14)16-18-13(4)11-15(19-16)17-12(2)3/h6-12H,5H2,1-4H3,(H,17,18,19). The van der Waals surface area contributed by atoms with Crippen molar-refractivity contribution in [2.75, 3.05) is 16.8 Å². The maximum atomic E-state index is 4.62. The van der Waals surface area contributed by atoms with Crippen LogP contribution in [0.3, 0.4) is 0 Å². The molecular formula is C16H22N4. The summed E-state index contributed by atoms with van der Waals surface area (Å²) in [5, 5.41) is 3.34.